The molecule has 2 aromatic rings. The molecule has 3 N–H and O–H groups in total. The quantitative estimate of drug-likeness (QED) is 0.768. The number of nitrogens with zero attached hydrogens (tertiary/aromatic N) is 2. The van der Waals surface area contributed by atoms with Gasteiger partial charge in [-0.15, -0.1) is 0 Å². The summed E-state index contributed by atoms with van der Waals surface area (Å²) in [6.45, 7) is 1.88. The van der Waals surface area contributed by atoms with Gasteiger partial charge in [0.25, 0.3) is 0 Å². The summed E-state index contributed by atoms with van der Waals surface area (Å²) >= 11 is 12.0. The van der Waals surface area contributed by atoms with Gasteiger partial charge in [0.2, 0.25) is 0 Å². The molecule has 2 rings (SSSR count). The zero-order valence-electron chi connectivity index (χ0n) is 10.4. The normalized spacial score (nSPS) is 10.5. The van der Waals surface area contributed by atoms with Crippen molar-refractivity contribution >= 4 is 60.6 Å². The molecule has 19 heavy (non-hydrogen) atoms. The molecule has 0 saturated heterocycles. The van der Waals surface area contributed by atoms with Crippen LogP contribution in [0.5, 0.6) is 0 Å². The third-order valence-electron chi connectivity index (χ3n) is 2.65. The Bertz CT molecular complexity index is 651. The second kappa shape index (κ2) is 5.60. The molecule has 4 nitrogen and oxygen atoms in total. The first-order chi connectivity index (χ1) is 8.90. The third-order valence-corrected chi connectivity index (χ3v) is 4.04. The van der Waals surface area contributed by atoms with Crippen LogP contribution < -0.4 is 11.1 Å². The van der Waals surface area contributed by atoms with Crippen molar-refractivity contribution in [3.63, 3.8) is 0 Å². The molecule has 0 spiro atoms. The van der Waals surface area contributed by atoms with Crippen molar-refractivity contribution in [1.82, 2.24) is 9.78 Å². The van der Waals surface area contributed by atoms with Crippen molar-refractivity contribution < 1.29 is 0 Å². The lowest BCUT2D eigenvalue weighted by molar-refractivity contribution is 0.765. The highest BCUT2D eigenvalue weighted by molar-refractivity contribution is 9.11. The number of aromatic nitrogens is 2. The number of hydrogen-bond acceptors (Lipinski definition) is 3. The topological polar surface area (TPSA) is 55.9 Å². The Morgan fingerprint density at radius 3 is 2.74 bits per heavy atom. The van der Waals surface area contributed by atoms with E-state index in [2.05, 4.69) is 42.3 Å². The Morgan fingerprint density at radius 1 is 1.42 bits per heavy atom. The van der Waals surface area contributed by atoms with E-state index in [9.17, 15) is 0 Å². The number of rotatable bonds is 3. The number of thiocarbonyl (C=S) groups is 1. The lowest BCUT2D eigenvalue weighted by atomic mass is 10.2. The minimum absolute atomic E-state index is 0.333. The van der Waals surface area contributed by atoms with E-state index in [-0.39, 0.29) is 0 Å². The molecule has 0 unspecified atom stereocenters. The highest BCUT2D eigenvalue weighted by Gasteiger charge is 2.16. The summed E-state index contributed by atoms with van der Waals surface area (Å²) in [6.07, 6.45) is 0. The zero-order valence-corrected chi connectivity index (χ0v) is 14.4. The van der Waals surface area contributed by atoms with Gasteiger partial charge < -0.3 is 11.1 Å². The maximum absolute atomic E-state index is 5.77. The molecule has 0 aliphatic rings. The van der Waals surface area contributed by atoms with E-state index in [1.165, 1.54) is 0 Å². The number of aryl methyl sites for hydroxylation is 2. The molecule has 1 aromatic heterocycles. The molecule has 0 saturated carbocycles. The van der Waals surface area contributed by atoms with E-state index in [4.69, 9.17) is 18.0 Å². The number of hydrogen-bond donors (Lipinski definition) is 2. The Morgan fingerprint density at radius 2 is 2.11 bits per heavy atom. The molecule has 0 radical (unpaired) electrons. The van der Waals surface area contributed by atoms with Gasteiger partial charge in [-0.3, -0.25) is 4.68 Å². The summed E-state index contributed by atoms with van der Waals surface area (Å²) in [5, 5.41) is 7.65. The SMILES string of the molecule is Cc1nn(C)c(Nc2cc(Br)ccc2Br)c1C(N)=S. The van der Waals surface area contributed by atoms with Crippen molar-refractivity contribution in [2.24, 2.45) is 12.8 Å². The average molecular weight is 404 g/mol. The standard InChI is InChI=1S/C12H12Br2N4S/c1-6-10(11(15)19)12(18(2)17-6)16-9-5-7(13)3-4-8(9)14/h3-5,16H,1-2H3,(H2,15,19). The van der Waals surface area contributed by atoms with Crippen LogP contribution in [-0.2, 0) is 7.05 Å². The Labute approximate surface area is 133 Å². The summed E-state index contributed by atoms with van der Waals surface area (Å²) in [7, 11) is 1.85. The number of nitrogens with one attached hydrogen (secondary N) is 1. The summed E-state index contributed by atoms with van der Waals surface area (Å²) in [6, 6.07) is 5.88. The van der Waals surface area contributed by atoms with Crippen molar-refractivity contribution in [3.05, 3.63) is 38.4 Å². The minimum atomic E-state index is 0.333. The van der Waals surface area contributed by atoms with Gasteiger partial charge >= 0.3 is 0 Å². The van der Waals surface area contributed by atoms with Crippen LogP contribution in [0.25, 0.3) is 0 Å². The van der Waals surface area contributed by atoms with Crippen molar-refractivity contribution in [2.45, 2.75) is 6.92 Å². The second-order valence-electron chi connectivity index (χ2n) is 4.05. The van der Waals surface area contributed by atoms with E-state index in [1.54, 1.807) is 4.68 Å². The van der Waals surface area contributed by atoms with E-state index >= 15 is 0 Å². The van der Waals surface area contributed by atoms with Crippen molar-refractivity contribution in [3.8, 4) is 0 Å². The smallest absolute Gasteiger partial charge is 0.138 e. The third kappa shape index (κ3) is 2.98. The van der Waals surface area contributed by atoms with Crippen molar-refractivity contribution in [2.75, 3.05) is 5.32 Å². The summed E-state index contributed by atoms with van der Waals surface area (Å²) in [4.78, 5) is 0.333. The van der Waals surface area contributed by atoms with Gasteiger partial charge in [-0.1, -0.05) is 28.1 Å². The van der Waals surface area contributed by atoms with Gasteiger partial charge in [0, 0.05) is 16.0 Å². The van der Waals surface area contributed by atoms with Crippen LogP contribution in [0.1, 0.15) is 11.3 Å². The van der Waals surface area contributed by atoms with Crippen LogP contribution >= 0.6 is 44.1 Å². The van der Waals surface area contributed by atoms with Gasteiger partial charge in [-0.05, 0) is 41.1 Å². The average Bonchev–Trinajstić information content (AvgIpc) is 2.59. The molecule has 0 fully saturated rings. The molecule has 100 valence electrons. The maximum Gasteiger partial charge on any atom is 0.138 e. The Kier molecular flexibility index (Phi) is 4.27. The lowest BCUT2D eigenvalue weighted by Gasteiger charge is -2.11. The lowest BCUT2D eigenvalue weighted by Crippen LogP contribution is -2.13. The summed E-state index contributed by atoms with van der Waals surface area (Å²) < 4.78 is 3.66. The summed E-state index contributed by atoms with van der Waals surface area (Å²) in [5.41, 5.74) is 8.26. The molecular formula is C12H12Br2N4S. The molecule has 0 aliphatic carbocycles. The maximum atomic E-state index is 5.77. The fourth-order valence-electron chi connectivity index (χ4n) is 1.82. The monoisotopic (exact) mass is 402 g/mol. The first kappa shape index (κ1) is 14.5. The fourth-order valence-corrected chi connectivity index (χ4v) is 2.77. The first-order valence-corrected chi connectivity index (χ1v) is 7.45. The van der Waals surface area contributed by atoms with Gasteiger partial charge in [0.05, 0.1) is 16.9 Å². The Hall–Kier alpha value is -0.920. The fraction of sp³-hybridized carbons (Fsp3) is 0.167. The van der Waals surface area contributed by atoms with E-state index in [0.29, 0.717) is 4.99 Å². The Balaban J connectivity index is 2.49. The molecule has 0 bridgehead atoms. The van der Waals surface area contributed by atoms with Crippen molar-refractivity contribution in [1.29, 1.82) is 0 Å². The molecule has 0 amide bonds. The van der Waals surface area contributed by atoms with Crippen LogP contribution in [-0.4, -0.2) is 14.8 Å². The highest BCUT2D eigenvalue weighted by atomic mass is 79.9. The highest BCUT2D eigenvalue weighted by Crippen LogP contribution is 2.30. The van der Waals surface area contributed by atoms with Gasteiger partial charge in [0.15, 0.2) is 0 Å². The second-order valence-corrected chi connectivity index (χ2v) is 6.26. The number of anilines is 2. The predicted molar refractivity (Wildman–Crippen MR) is 89.0 cm³/mol. The van der Waals surface area contributed by atoms with Gasteiger partial charge in [-0.25, -0.2) is 0 Å². The minimum Gasteiger partial charge on any atom is -0.389 e. The van der Waals surface area contributed by atoms with Crippen LogP contribution in [0.2, 0.25) is 0 Å². The first-order valence-electron chi connectivity index (χ1n) is 5.45. The molecule has 0 atom stereocenters. The molecule has 1 aromatic carbocycles. The van der Waals surface area contributed by atoms with Crippen LogP contribution in [0.4, 0.5) is 11.5 Å². The molecular weight excluding hydrogens is 392 g/mol. The van der Waals surface area contributed by atoms with E-state index < -0.39 is 0 Å². The number of halogens is 2. The predicted octanol–water partition coefficient (Wildman–Crippen LogP) is 3.63. The molecule has 1 heterocycles. The number of benzene rings is 1. The van der Waals surface area contributed by atoms with E-state index in [0.717, 1.165) is 31.7 Å². The zero-order chi connectivity index (χ0) is 14.2. The van der Waals surface area contributed by atoms with Crippen LogP contribution in [0.3, 0.4) is 0 Å². The summed E-state index contributed by atoms with van der Waals surface area (Å²) in [5.74, 6) is 0.781. The molecule has 0 aliphatic heterocycles. The van der Waals surface area contributed by atoms with E-state index in [1.807, 2.05) is 32.2 Å². The van der Waals surface area contributed by atoms with Crippen LogP contribution in [0, 0.1) is 6.92 Å². The largest absolute Gasteiger partial charge is 0.389 e. The van der Waals surface area contributed by atoms with Gasteiger partial charge in [0.1, 0.15) is 10.8 Å². The van der Waals surface area contributed by atoms with Crippen LogP contribution in [0.15, 0.2) is 27.1 Å². The van der Waals surface area contributed by atoms with Gasteiger partial charge in [-0.2, -0.15) is 5.10 Å². The molecule has 7 heteroatoms. The number of nitrogens with two attached hydrogens (primary N) is 1.